The maximum absolute atomic E-state index is 13.3. The molecule has 0 atom stereocenters. The van der Waals surface area contributed by atoms with E-state index in [1.54, 1.807) is 18.3 Å². The van der Waals surface area contributed by atoms with Gasteiger partial charge in [0.2, 0.25) is 0 Å². The van der Waals surface area contributed by atoms with Crippen LogP contribution in [0.2, 0.25) is 0 Å². The number of nitrogens with zero attached hydrogens (tertiary/aromatic N) is 2. The number of thiophene rings is 1. The van der Waals surface area contributed by atoms with Gasteiger partial charge in [0.15, 0.2) is 16.8 Å². The Bertz CT molecular complexity index is 1050. The topological polar surface area (TPSA) is 54.9 Å². The number of hydrogen-bond acceptors (Lipinski definition) is 6. The zero-order valence-electron chi connectivity index (χ0n) is 12.7. The van der Waals surface area contributed by atoms with Crippen molar-refractivity contribution in [3.63, 3.8) is 0 Å². The largest absolute Gasteiger partial charge is 0.297 e. The number of aromatic nitrogens is 2. The first kappa shape index (κ1) is 16.2. The Balaban J connectivity index is 1.62. The Kier molecular flexibility index (Phi) is 4.06. The van der Waals surface area contributed by atoms with E-state index in [0.717, 1.165) is 33.4 Å². The predicted octanol–water partition coefficient (Wildman–Crippen LogP) is 5.32. The molecule has 4 aromatic rings. The van der Waals surface area contributed by atoms with Crippen molar-refractivity contribution in [3.05, 3.63) is 51.9 Å². The monoisotopic (exact) mass is 393 g/mol. The number of benzene rings is 1. The van der Waals surface area contributed by atoms with Crippen LogP contribution in [0.3, 0.4) is 0 Å². The third-order valence-corrected chi connectivity index (χ3v) is 6.51. The van der Waals surface area contributed by atoms with Crippen LogP contribution >= 0.6 is 34.0 Å². The summed E-state index contributed by atoms with van der Waals surface area (Å²) >= 11 is 3.94. The maximum atomic E-state index is 13.3. The van der Waals surface area contributed by atoms with Gasteiger partial charge in [-0.1, -0.05) is 17.4 Å². The minimum atomic E-state index is -0.963. The van der Waals surface area contributed by atoms with E-state index in [0.29, 0.717) is 20.8 Å². The second kappa shape index (κ2) is 6.25. The Morgan fingerprint density at radius 3 is 2.72 bits per heavy atom. The summed E-state index contributed by atoms with van der Waals surface area (Å²) in [7, 11) is 0. The standard InChI is InChI=1S/C16H9F2N3OS3/c1-7-13(25-15(19-7)11-3-2-4-23-11)14(22)21-16-20-10-5-8(17)9(18)6-12(10)24-16/h2-6H,1H3,(H,20,21,22). The SMILES string of the molecule is Cc1nc(-c2cccs2)sc1C(=O)Nc1nc2cc(F)c(F)cc2s1. The average Bonchev–Trinajstić information content (AvgIpc) is 3.27. The lowest BCUT2D eigenvalue weighted by atomic mass is 10.3. The quantitative estimate of drug-likeness (QED) is 0.512. The molecule has 1 amide bonds. The molecule has 0 spiro atoms. The minimum Gasteiger partial charge on any atom is -0.297 e. The van der Waals surface area contributed by atoms with Crippen LogP contribution in [0.5, 0.6) is 0 Å². The lowest BCUT2D eigenvalue weighted by Crippen LogP contribution is -2.11. The molecule has 0 aliphatic heterocycles. The molecular weight excluding hydrogens is 384 g/mol. The Morgan fingerprint density at radius 1 is 1.16 bits per heavy atom. The molecule has 4 rings (SSSR count). The number of nitrogens with one attached hydrogen (secondary N) is 1. The zero-order chi connectivity index (χ0) is 17.6. The van der Waals surface area contributed by atoms with Crippen LogP contribution in [0.1, 0.15) is 15.4 Å². The van der Waals surface area contributed by atoms with Crippen LogP contribution < -0.4 is 5.32 Å². The van der Waals surface area contributed by atoms with Crippen LogP contribution in [-0.4, -0.2) is 15.9 Å². The van der Waals surface area contributed by atoms with Crippen LogP contribution in [0.4, 0.5) is 13.9 Å². The summed E-state index contributed by atoms with van der Waals surface area (Å²) in [4.78, 5) is 22.6. The van der Waals surface area contributed by atoms with Crippen molar-refractivity contribution in [2.24, 2.45) is 0 Å². The highest BCUT2D eigenvalue weighted by atomic mass is 32.1. The molecule has 1 aromatic carbocycles. The van der Waals surface area contributed by atoms with Crippen molar-refractivity contribution in [1.82, 2.24) is 9.97 Å². The molecular formula is C16H9F2N3OS3. The van der Waals surface area contributed by atoms with E-state index in [2.05, 4.69) is 15.3 Å². The van der Waals surface area contributed by atoms with Gasteiger partial charge < -0.3 is 0 Å². The molecule has 126 valence electrons. The summed E-state index contributed by atoms with van der Waals surface area (Å²) in [5.41, 5.74) is 0.934. The van der Waals surface area contributed by atoms with E-state index >= 15 is 0 Å². The number of carbonyl (C=O) groups excluding carboxylic acids is 1. The summed E-state index contributed by atoms with van der Waals surface area (Å²) in [5.74, 6) is -2.24. The highest BCUT2D eigenvalue weighted by Gasteiger charge is 2.18. The lowest BCUT2D eigenvalue weighted by molar-refractivity contribution is 0.103. The third kappa shape index (κ3) is 3.06. The molecule has 0 saturated heterocycles. The fraction of sp³-hybridized carbons (Fsp3) is 0.0625. The predicted molar refractivity (Wildman–Crippen MR) is 97.7 cm³/mol. The molecule has 0 bridgehead atoms. The van der Waals surface area contributed by atoms with Crippen LogP contribution in [0, 0.1) is 18.6 Å². The number of halogens is 2. The van der Waals surface area contributed by atoms with Gasteiger partial charge in [-0.05, 0) is 24.4 Å². The molecule has 0 aliphatic rings. The summed E-state index contributed by atoms with van der Waals surface area (Å²) in [6.07, 6.45) is 0. The van der Waals surface area contributed by atoms with E-state index in [9.17, 15) is 13.6 Å². The molecule has 0 aliphatic carbocycles. The molecule has 3 heterocycles. The number of amides is 1. The molecule has 1 N–H and O–H groups in total. The van der Waals surface area contributed by atoms with E-state index in [1.807, 2.05) is 17.5 Å². The fourth-order valence-electron chi connectivity index (χ4n) is 2.24. The van der Waals surface area contributed by atoms with Crippen LogP contribution in [0.15, 0.2) is 29.6 Å². The van der Waals surface area contributed by atoms with Gasteiger partial charge in [-0.3, -0.25) is 10.1 Å². The van der Waals surface area contributed by atoms with Crippen molar-refractivity contribution in [2.45, 2.75) is 6.92 Å². The van der Waals surface area contributed by atoms with Gasteiger partial charge in [0.25, 0.3) is 5.91 Å². The number of thiazole rings is 2. The number of carbonyl (C=O) groups is 1. The number of anilines is 1. The fourth-order valence-corrected chi connectivity index (χ4v) is 4.87. The Hall–Kier alpha value is -2.23. The average molecular weight is 393 g/mol. The summed E-state index contributed by atoms with van der Waals surface area (Å²) < 4.78 is 27.0. The number of fused-ring (bicyclic) bond motifs is 1. The number of hydrogen-bond donors (Lipinski definition) is 1. The zero-order valence-corrected chi connectivity index (χ0v) is 15.1. The maximum Gasteiger partial charge on any atom is 0.269 e. The summed E-state index contributed by atoms with van der Waals surface area (Å²) in [6.45, 7) is 1.77. The summed E-state index contributed by atoms with van der Waals surface area (Å²) in [5, 5.41) is 5.70. The minimum absolute atomic E-state index is 0.287. The second-order valence-corrected chi connectivity index (χ2v) is 8.10. The van der Waals surface area contributed by atoms with Crippen molar-refractivity contribution >= 4 is 55.3 Å². The highest BCUT2D eigenvalue weighted by Crippen LogP contribution is 2.32. The summed E-state index contributed by atoms with van der Waals surface area (Å²) in [6, 6.07) is 5.96. The van der Waals surface area contributed by atoms with Crippen molar-refractivity contribution in [2.75, 3.05) is 5.32 Å². The van der Waals surface area contributed by atoms with Gasteiger partial charge in [0, 0.05) is 6.07 Å². The smallest absolute Gasteiger partial charge is 0.269 e. The van der Waals surface area contributed by atoms with Gasteiger partial charge in [-0.2, -0.15) is 0 Å². The van der Waals surface area contributed by atoms with E-state index in [-0.39, 0.29) is 11.0 Å². The number of aryl methyl sites for hydroxylation is 1. The van der Waals surface area contributed by atoms with Crippen molar-refractivity contribution in [3.8, 4) is 9.88 Å². The molecule has 0 saturated carbocycles. The van der Waals surface area contributed by atoms with Crippen molar-refractivity contribution in [1.29, 1.82) is 0 Å². The molecule has 25 heavy (non-hydrogen) atoms. The van der Waals surface area contributed by atoms with Gasteiger partial charge >= 0.3 is 0 Å². The first-order valence-electron chi connectivity index (χ1n) is 7.09. The normalized spacial score (nSPS) is 11.2. The van der Waals surface area contributed by atoms with Crippen molar-refractivity contribution < 1.29 is 13.6 Å². The molecule has 0 fully saturated rings. The molecule has 0 radical (unpaired) electrons. The van der Waals surface area contributed by atoms with Gasteiger partial charge in [0.05, 0.1) is 20.8 Å². The highest BCUT2D eigenvalue weighted by molar-refractivity contribution is 7.23. The molecule has 0 unspecified atom stereocenters. The third-order valence-electron chi connectivity index (χ3n) is 3.39. The lowest BCUT2D eigenvalue weighted by Gasteiger charge is -1.98. The van der Waals surface area contributed by atoms with Gasteiger partial charge in [-0.25, -0.2) is 18.7 Å². The second-order valence-electron chi connectivity index (χ2n) is 5.12. The molecule has 9 heteroatoms. The van der Waals surface area contributed by atoms with Crippen LogP contribution in [-0.2, 0) is 0 Å². The Morgan fingerprint density at radius 2 is 1.96 bits per heavy atom. The van der Waals surface area contributed by atoms with Gasteiger partial charge in [0.1, 0.15) is 9.88 Å². The van der Waals surface area contributed by atoms with E-state index in [1.165, 1.54) is 11.3 Å². The Labute approximate surface area is 152 Å². The van der Waals surface area contributed by atoms with E-state index < -0.39 is 11.6 Å². The molecule has 4 nitrogen and oxygen atoms in total. The molecule has 3 aromatic heterocycles. The number of rotatable bonds is 3. The first-order valence-corrected chi connectivity index (χ1v) is 9.61. The van der Waals surface area contributed by atoms with Gasteiger partial charge in [-0.15, -0.1) is 22.7 Å². The van der Waals surface area contributed by atoms with Crippen LogP contribution in [0.25, 0.3) is 20.1 Å². The first-order chi connectivity index (χ1) is 12.0. The van der Waals surface area contributed by atoms with E-state index in [4.69, 9.17) is 0 Å².